The maximum atomic E-state index is 14.5. The number of aryl methyl sites for hydroxylation is 1. The second-order valence-corrected chi connectivity index (χ2v) is 11.5. The van der Waals surface area contributed by atoms with Crippen molar-refractivity contribution in [2.45, 2.75) is 65.1 Å². The number of nitriles is 1. The molecule has 0 spiro atoms. The lowest BCUT2D eigenvalue weighted by Gasteiger charge is -2.18. The molecule has 6 nitrogen and oxygen atoms in total. The van der Waals surface area contributed by atoms with E-state index in [-0.39, 0.29) is 5.82 Å². The van der Waals surface area contributed by atoms with Crippen LogP contribution in [0.25, 0.3) is 11.1 Å². The molecule has 0 saturated carbocycles. The fourth-order valence-electron chi connectivity index (χ4n) is 5.35. The minimum Gasteiger partial charge on any atom is -0.489 e. The Balaban J connectivity index is 0.000000488. The van der Waals surface area contributed by atoms with Crippen molar-refractivity contribution < 1.29 is 24.1 Å². The number of hydrogen-bond acceptors (Lipinski definition) is 5. The zero-order valence-corrected chi connectivity index (χ0v) is 25.8. The molecule has 0 aliphatic heterocycles. The molecule has 1 aliphatic carbocycles. The van der Waals surface area contributed by atoms with E-state index in [1.165, 1.54) is 31.0 Å². The number of carboxylic acid groups (broad SMARTS) is 1. The average molecular weight is 615 g/mol. The van der Waals surface area contributed by atoms with Crippen LogP contribution < -0.4 is 4.74 Å². The molecule has 1 heterocycles. The van der Waals surface area contributed by atoms with Crippen LogP contribution >= 0.6 is 11.6 Å². The largest absolute Gasteiger partial charge is 0.489 e. The summed E-state index contributed by atoms with van der Waals surface area (Å²) < 4.78 is 20.7. The lowest BCUT2D eigenvalue weighted by Crippen LogP contribution is -2.21. The van der Waals surface area contributed by atoms with E-state index in [1.54, 1.807) is 24.5 Å². The van der Waals surface area contributed by atoms with Gasteiger partial charge in [-0.25, -0.2) is 4.39 Å². The van der Waals surface area contributed by atoms with Crippen molar-refractivity contribution in [1.29, 1.82) is 5.26 Å². The highest BCUT2D eigenvalue weighted by molar-refractivity contribution is 6.31. The molecule has 5 rings (SSSR count). The van der Waals surface area contributed by atoms with E-state index in [1.807, 2.05) is 30.3 Å². The molecule has 0 radical (unpaired) electrons. The quantitative estimate of drug-likeness (QED) is 0.198. The molecule has 1 aliphatic rings. The molecular weight excluding hydrogens is 579 g/mol. The van der Waals surface area contributed by atoms with Crippen molar-refractivity contribution in [2.75, 3.05) is 0 Å². The number of carboxylic acids is 1. The van der Waals surface area contributed by atoms with Crippen LogP contribution in [-0.4, -0.2) is 27.3 Å². The summed E-state index contributed by atoms with van der Waals surface area (Å²) in [5.74, 6) is -0.696. The third kappa shape index (κ3) is 7.82. The van der Waals surface area contributed by atoms with Gasteiger partial charge in [0.1, 0.15) is 24.2 Å². The second-order valence-electron chi connectivity index (χ2n) is 11.0. The zero-order valence-electron chi connectivity index (χ0n) is 25.1. The minimum atomic E-state index is -0.958. The number of rotatable bonds is 9. The molecule has 0 fully saturated rings. The van der Waals surface area contributed by atoms with E-state index in [0.717, 1.165) is 58.7 Å². The van der Waals surface area contributed by atoms with Crippen LogP contribution in [0.3, 0.4) is 0 Å². The Bertz CT molecular complexity index is 1670. The highest BCUT2D eigenvalue weighted by Gasteiger charge is 2.27. The number of pyridine rings is 1. The van der Waals surface area contributed by atoms with Gasteiger partial charge in [0.15, 0.2) is 0 Å². The number of benzene rings is 3. The summed E-state index contributed by atoms with van der Waals surface area (Å²) >= 11 is 6.74. The molecule has 0 saturated heterocycles. The van der Waals surface area contributed by atoms with Gasteiger partial charge in [-0.1, -0.05) is 54.9 Å². The SMILES string of the molecule is CC(C(=O)O)[C@H](C)O.CCc1cc(Cl)c(C[C@H]2CCc3c(-c4ccccc4F)cccc32)cc1OCc1cncc(C#N)c1. The molecule has 44 heavy (non-hydrogen) atoms. The Morgan fingerprint density at radius 2 is 1.86 bits per heavy atom. The molecule has 3 aromatic carbocycles. The van der Waals surface area contributed by atoms with Crippen LogP contribution in [0.2, 0.25) is 5.02 Å². The van der Waals surface area contributed by atoms with Gasteiger partial charge in [-0.15, -0.1) is 0 Å². The van der Waals surface area contributed by atoms with Crippen molar-refractivity contribution >= 4 is 17.6 Å². The van der Waals surface area contributed by atoms with Crippen LogP contribution in [0.5, 0.6) is 5.75 Å². The standard InChI is InChI=1S/C31H26ClFN2O.C5H10O3/c1-2-22-14-29(32)24(15-31(22)36-19-21-12-20(16-34)17-35-18-21)13-23-10-11-27-25(23)7-5-8-26(27)28-6-3-4-9-30(28)33;1-3(4(2)6)5(7)8/h3-9,12,14-15,17-18,23H,2,10-11,13,19H2,1H3;3-4,6H,1-2H3,(H,7,8)/t23-;3?,4-/m10/s1. The predicted octanol–water partition coefficient (Wildman–Crippen LogP) is 7.91. The summed E-state index contributed by atoms with van der Waals surface area (Å²) in [6.45, 7) is 5.33. The summed E-state index contributed by atoms with van der Waals surface area (Å²) in [6, 6.07) is 21.2. The maximum absolute atomic E-state index is 14.5. The highest BCUT2D eigenvalue weighted by atomic mass is 35.5. The van der Waals surface area contributed by atoms with Crippen LogP contribution in [0.1, 0.15) is 66.5 Å². The monoisotopic (exact) mass is 614 g/mol. The number of fused-ring (bicyclic) bond motifs is 1. The van der Waals surface area contributed by atoms with Gasteiger partial charge in [-0.3, -0.25) is 9.78 Å². The van der Waals surface area contributed by atoms with Gasteiger partial charge in [-0.2, -0.15) is 5.26 Å². The highest BCUT2D eigenvalue weighted by Crippen LogP contribution is 2.42. The summed E-state index contributed by atoms with van der Waals surface area (Å²) in [5, 5.41) is 26.7. The lowest BCUT2D eigenvalue weighted by molar-refractivity contribution is -0.144. The first-order chi connectivity index (χ1) is 21.1. The molecule has 4 aromatic rings. The molecule has 2 N–H and O–H groups in total. The van der Waals surface area contributed by atoms with Gasteiger partial charge >= 0.3 is 5.97 Å². The van der Waals surface area contributed by atoms with E-state index in [4.69, 9.17) is 31.8 Å². The first kappa shape index (κ1) is 32.7. The number of aromatic nitrogens is 1. The third-order valence-corrected chi connectivity index (χ3v) is 8.42. The first-order valence-corrected chi connectivity index (χ1v) is 15.1. The third-order valence-electron chi connectivity index (χ3n) is 8.07. The van der Waals surface area contributed by atoms with E-state index < -0.39 is 18.0 Å². The van der Waals surface area contributed by atoms with Crippen molar-refractivity contribution in [3.05, 3.63) is 117 Å². The van der Waals surface area contributed by atoms with Gasteiger partial charge in [-0.05, 0) is 97.5 Å². The van der Waals surface area contributed by atoms with Gasteiger partial charge in [0, 0.05) is 28.5 Å². The predicted molar refractivity (Wildman–Crippen MR) is 169 cm³/mol. The molecule has 228 valence electrons. The Kier molecular flexibility index (Phi) is 11.1. The van der Waals surface area contributed by atoms with Crippen molar-refractivity contribution in [2.24, 2.45) is 5.92 Å². The maximum Gasteiger partial charge on any atom is 0.308 e. The minimum absolute atomic E-state index is 0.190. The average Bonchev–Trinajstić information content (AvgIpc) is 3.44. The summed E-state index contributed by atoms with van der Waals surface area (Å²) in [5.41, 5.74) is 7.59. The molecule has 0 bridgehead atoms. The molecule has 3 atom stereocenters. The number of aliphatic hydroxyl groups excluding tert-OH is 1. The summed E-state index contributed by atoms with van der Waals surface area (Å²) in [4.78, 5) is 14.1. The van der Waals surface area contributed by atoms with Crippen molar-refractivity contribution in [1.82, 2.24) is 4.98 Å². The Labute approximate surface area is 262 Å². The van der Waals surface area contributed by atoms with Gasteiger partial charge in [0.25, 0.3) is 0 Å². The zero-order chi connectivity index (χ0) is 31.8. The Morgan fingerprint density at radius 1 is 1.11 bits per heavy atom. The number of ether oxygens (including phenoxy) is 1. The fraction of sp³-hybridized carbons (Fsp3) is 0.306. The second kappa shape index (κ2) is 15.0. The van der Waals surface area contributed by atoms with E-state index in [9.17, 15) is 9.18 Å². The van der Waals surface area contributed by atoms with Crippen LogP contribution in [-0.2, 0) is 30.7 Å². The van der Waals surface area contributed by atoms with E-state index >= 15 is 0 Å². The molecular formula is C36H36ClFN2O4. The van der Waals surface area contributed by atoms with Gasteiger partial charge in [0.2, 0.25) is 0 Å². The smallest absolute Gasteiger partial charge is 0.308 e. The number of halogens is 2. The number of aliphatic carboxylic acids is 1. The normalized spacial score (nSPS) is 14.9. The van der Waals surface area contributed by atoms with E-state index in [2.05, 4.69) is 30.1 Å². The van der Waals surface area contributed by atoms with E-state index in [0.29, 0.717) is 23.7 Å². The molecule has 0 amide bonds. The topological polar surface area (TPSA) is 103 Å². The van der Waals surface area contributed by atoms with Crippen molar-refractivity contribution in [3.63, 3.8) is 0 Å². The van der Waals surface area contributed by atoms with Crippen LogP contribution in [0.4, 0.5) is 4.39 Å². The molecule has 1 aromatic heterocycles. The summed E-state index contributed by atoms with van der Waals surface area (Å²) in [7, 11) is 0. The Hall–Kier alpha value is -4.25. The lowest BCUT2D eigenvalue weighted by atomic mass is 9.90. The number of aliphatic hydroxyl groups is 1. The summed E-state index contributed by atoms with van der Waals surface area (Å²) in [6.07, 6.45) is 6.00. The van der Waals surface area contributed by atoms with Gasteiger partial charge in [0.05, 0.1) is 17.6 Å². The molecule has 1 unspecified atom stereocenters. The number of nitrogens with zero attached hydrogens (tertiary/aromatic N) is 2. The number of carbonyl (C=O) groups is 1. The molecule has 8 heteroatoms. The van der Waals surface area contributed by atoms with Gasteiger partial charge < -0.3 is 14.9 Å². The Morgan fingerprint density at radius 3 is 2.52 bits per heavy atom. The van der Waals surface area contributed by atoms with Crippen molar-refractivity contribution in [3.8, 4) is 22.9 Å². The van der Waals surface area contributed by atoms with Crippen LogP contribution in [0.15, 0.2) is 73.1 Å². The fourth-order valence-corrected chi connectivity index (χ4v) is 5.61. The first-order valence-electron chi connectivity index (χ1n) is 14.7. The number of hydrogen-bond donors (Lipinski definition) is 2. The van der Waals surface area contributed by atoms with Crippen LogP contribution in [0, 0.1) is 23.1 Å².